The number of fused-ring (bicyclic) bond motifs is 1. The third-order valence-electron chi connectivity index (χ3n) is 3.86. The molecule has 4 nitrogen and oxygen atoms in total. The van der Waals surface area contributed by atoms with Gasteiger partial charge in [0.25, 0.3) is 0 Å². The topological polar surface area (TPSA) is 58.2 Å². The van der Waals surface area contributed by atoms with Crippen molar-refractivity contribution in [2.75, 3.05) is 0 Å². The molecule has 0 aromatic carbocycles. The second-order valence-corrected chi connectivity index (χ2v) is 5.66. The Morgan fingerprint density at radius 2 is 2.14 bits per heavy atom. The summed E-state index contributed by atoms with van der Waals surface area (Å²) in [4.78, 5) is 23.5. The van der Waals surface area contributed by atoms with Gasteiger partial charge in [-0.25, -0.2) is 0 Å². The summed E-state index contributed by atoms with van der Waals surface area (Å²) in [6.45, 7) is 4.13. The van der Waals surface area contributed by atoms with E-state index in [2.05, 4.69) is 23.6 Å². The normalized spacial score (nSPS) is 23.8. The van der Waals surface area contributed by atoms with Crippen molar-refractivity contribution in [1.29, 1.82) is 0 Å². The van der Waals surface area contributed by atoms with Crippen molar-refractivity contribution in [3.05, 3.63) is 35.6 Å². The van der Waals surface area contributed by atoms with Crippen molar-refractivity contribution < 1.29 is 9.59 Å². The third kappa shape index (κ3) is 4.06. The minimum atomic E-state index is -0.0451. The van der Waals surface area contributed by atoms with Crippen molar-refractivity contribution >= 4 is 11.8 Å². The molecule has 1 aliphatic heterocycles. The monoisotopic (exact) mass is 288 g/mol. The standard InChI is InChI=1S/C17H24N2O2/c1-3-5-7-12-10-17(21)19-15-11-13(8-9-14(12)15)18-16(20)6-4-2/h8-11,14-15H,3-7H2,1-2H3,(H,18,20)(H,19,21). The first-order chi connectivity index (χ1) is 10.1. The predicted octanol–water partition coefficient (Wildman–Crippen LogP) is 2.59. The molecule has 1 aliphatic carbocycles. The lowest BCUT2D eigenvalue weighted by Gasteiger charge is -2.32. The van der Waals surface area contributed by atoms with Crippen molar-refractivity contribution in [2.45, 2.75) is 52.0 Å². The summed E-state index contributed by atoms with van der Waals surface area (Å²) in [7, 11) is 0. The number of allylic oxidation sites excluding steroid dienone is 1. The van der Waals surface area contributed by atoms with E-state index >= 15 is 0 Å². The van der Waals surface area contributed by atoms with Crippen LogP contribution in [0.5, 0.6) is 0 Å². The van der Waals surface area contributed by atoms with Gasteiger partial charge in [-0.2, -0.15) is 0 Å². The number of hydrogen-bond acceptors (Lipinski definition) is 2. The van der Waals surface area contributed by atoms with Crippen LogP contribution in [0.3, 0.4) is 0 Å². The van der Waals surface area contributed by atoms with Gasteiger partial charge in [0, 0.05) is 24.1 Å². The largest absolute Gasteiger partial charge is 0.345 e. The van der Waals surface area contributed by atoms with Crippen LogP contribution in [0.2, 0.25) is 0 Å². The number of carbonyl (C=O) groups excluding carboxylic acids is 2. The molecule has 0 aromatic heterocycles. The molecule has 0 spiro atoms. The fourth-order valence-corrected chi connectivity index (χ4v) is 2.79. The first-order valence-corrected chi connectivity index (χ1v) is 7.84. The van der Waals surface area contributed by atoms with E-state index in [1.54, 1.807) is 6.08 Å². The molecule has 0 fully saturated rings. The lowest BCUT2D eigenvalue weighted by molar-refractivity contribution is -0.120. The van der Waals surface area contributed by atoms with Crippen LogP contribution in [0.25, 0.3) is 0 Å². The van der Waals surface area contributed by atoms with Crippen LogP contribution in [0.15, 0.2) is 35.6 Å². The molecule has 0 saturated heterocycles. The minimum Gasteiger partial charge on any atom is -0.345 e. The van der Waals surface area contributed by atoms with E-state index in [0.29, 0.717) is 6.42 Å². The zero-order valence-corrected chi connectivity index (χ0v) is 12.8. The van der Waals surface area contributed by atoms with Gasteiger partial charge in [-0.15, -0.1) is 0 Å². The first kappa shape index (κ1) is 15.5. The summed E-state index contributed by atoms with van der Waals surface area (Å²) in [5.41, 5.74) is 1.98. The highest BCUT2D eigenvalue weighted by atomic mass is 16.2. The molecule has 0 saturated carbocycles. The van der Waals surface area contributed by atoms with Crippen LogP contribution in [-0.4, -0.2) is 17.9 Å². The van der Waals surface area contributed by atoms with Crippen LogP contribution in [0, 0.1) is 5.92 Å². The van der Waals surface area contributed by atoms with Gasteiger partial charge >= 0.3 is 0 Å². The second kappa shape index (κ2) is 7.25. The SMILES string of the molecule is CCCCC1=CC(=O)NC2C=C(NC(=O)CCC)C=CC12. The van der Waals surface area contributed by atoms with Crippen LogP contribution in [0.4, 0.5) is 0 Å². The molecule has 2 N–H and O–H groups in total. The average Bonchev–Trinajstić information content (AvgIpc) is 2.44. The summed E-state index contributed by atoms with van der Waals surface area (Å²) >= 11 is 0. The second-order valence-electron chi connectivity index (χ2n) is 5.66. The van der Waals surface area contributed by atoms with Gasteiger partial charge in [0.05, 0.1) is 6.04 Å². The molecule has 0 radical (unpaired) electrons. The van der Waals surface area contributed by atoms with Crippen molar-refractivity contribution in [1.82, 2.24) is 10.6 Å². The van der Waals surface area contributed by atoms with Crippen molar-refractivity contribution in [3.8, 4) is 0 Å². The van der Waals surface area contributed by atoms with Gasteiger partial charge in [0.1, 0.15) is 0 Å². The van der Waals surface area contributed by atoms with E-state index in [1.807, 2.05) is 19.1 Å². The van der Waals surface area contributed by atoms with Crippen LogP contribution in [-0.2, 0) is 9.59 Å². The number of amides is 2. The molecule has 2 amide bonds. The molecule has 0 bridgehead atoms. The summed E-state index contributed by atoms with van der Waals surface area (Å²) in [5, 5.41) is 5.86. The number of rotatable bonds is 6. The molecule has 2 rings (SSSR count). The van der Waals surface area contributed by atoms with Gasteiger partial charge in [-0.05, 0) is 31.4 Å². The molecule has 2 atom stereocenters. The molecule has 2 unspecified atom stereocenters. The smallest absolute Gasteiger partial charge is 0.244 e. The number of hydrogen-bond donors (Lipinski definition) is 2. The van der Waals surface area contributed by atoms with Crippen LogP contribution >= 0.6 is 0 Å². The highest BCUT2D eigenvalue weighted by Crippen LogP contribution is 2.29. The van der Waals surface area contributed by atoms with Crippen molar-refractivity contribution in [3.63, 3.8) is 0 Å². The Morgan fingerprint density at radius 1 is 1.33 bits per heavy atom. The summed E-state index contributed by atoms with van der Waals surface area (Å²) in [6, 6.07) is -0.0451. The van der Waals surface area contributed by atoms with Gasteiger partial charge in [-0.3, -0.25) is 9.59 Å². The Hall–Kier alpha value is -1.84. The summed E-state index contributed by atoms with van der Waals surface area (Å²) < 4.78 is 0. The Balaban J connectivity index is 2.07. The fourth-order valence-electron chi connectivity index (χ4n) is 2.79. The molecule has 114 valence electrons. The van der Waals surface area contributed by atoms with Crippen molar-refractivity contribution in [2.24, 2.45) is 5.92 Å². The Morgan fingerprint density at radius 3 is 2.86 bits per heavy atom. The highest BCUT2D eigenvalue weighted by Gasteiger charge is 2.29. The van der Waals surface area contributed by atoms with E-state index in [4.69, 9.17) is 0 Å². The Bertz CT molecular complexity index is 503. The molecule has 1 heterocycles. The zero-order chi connectivity index (χ0) is 15.2. The number of carbonyl (C=O) groups is 2. The van der Waals surface area contributed by atoms with Gasteiger partial charge < -0.3 is 10.6 Å². The van der Waals surface area contributed by atoms with E-state index in [-0.39, 0.29) is 23.8 Å². The maximum absolute atomic E-state index is 11.8. The van der Waals surface area contributed by atoms with E-state index in [0.717, 1.165) is 31.4 Å². The zero-order valence-electron chi connectivity index (χ0n) is 12.8. The number of unbranched alkanes of at least 4 members (excludes halogenated alkanes) is 1. The average molecular weight is 288 g/mol. The van der Waals surface area contributed by atoms with E-state index in [9.17, 15) is 9.59 Å². The highest BCUT2D eigenvalue weighted by molar-refractivity contribution is 5.90. The lowest BCUT2D eigenvalue weighted by atomic mass is 9.82. The van der Waals surface area contributed by atoms with E-state index in [1.165, 1.54) is 5.57 Å². The Kier molecular flexibility index (Phi) is 5.37. The summed E-state index contributed by atoms with van der Waals surface area (Å²) in [5.74, 6) is 0.213. The third-order valence-corrected chi connectivity index (χ3v) is 3.86. The first-order valence-electron chi connectivity index (χ1n) is 7.84. The summed E-state index contributed by atoms with van der Waals surface area (Å²) in [6.07, 6.45) is 12.3. The molecule has 2 aliphatic rings. The van der Waals surface area contributed by atoms with Crippen LogP contribution < -0.4 is 10.6 Å². The minimum absolute atomic E-state index is 0.0238. The quantitative estimate of drug-likeness (QED) is 0.789. The molecule has 21 heavy (non-hydrogen) atoms. The predicted molar refractivity (Wildman–Crippen MR) is 83.3 cm³/mol. The fraction of sp³-hybridized carbons (Fsp3) is 0.529. The van der Waals surface area contributed by atoms with Crippen LogP contribution in [0.1, 0.15) is 46.0 Å². The van der Waals surface area contributed by atoms with Gasteiger partial charge in [-0.1, -0.05) is 31.9 Å². The van der Waals surface area contributed by atoms with Gasteiger partial charge in [0.15, 0.2) is 0 Å². The van der Waals surface area contributed by atoms with E-state index < -0.39 is 0 Å². The molecular formula is C17H24N2O2. The molecular weight excluding hydrogens is 264 g/mol. The maximum atomic E-state index is 11.8. The maximum Gasteiger partial charge on any atom is 0.244 e. The lowest BCUT2D eigenvalue weighted by Crippen LogP contribution is -2.44. The molecule has 4 heteroatoms. The number of nitrogens with one attached hydrogen (secondary N) is 2. The molecule has 0 aromatic rings. The Labute approximate surface area is 126 Å². The van der Waals surface area contributed by atoms with Gasteiger partial charge in [0.2, 0.25) is 11.8 Å².